The first-order chi connectivity index (χ1) is 12.9. The fourth-order valence-corrected chi connectivity index (χ4v) is 2.43. The summed E-state index contributed by atoms with van der Waals surface area (Å²) in [5.41, 5.74) is 0.278. The van der Waals surface area contributed by atoms with E-state index in [0.717, 1.165) is 23.8 Å². The highest BCUT2D eigenvalue weighted by molar-refractivity contribution is 5.89. The van der Waals surface area contributed by atoms with Crippen molar-refractivity contribution in [3.63, 3.8) is 0 Å². The zero-order valence-corrected chi connectivity index (χ0v) is 14.3. The molecular weight excluding hydrogens is 357 g/mol. The summed E-state index contributed by atoms with van der Waals surface area (Å²) >= 11 is 0. The third kappa shape index (κ3) is 6.05. The van der Waals surface area contributed by atoms with Gasteiger partial charge in [0.05, 0.1) is 11.7 Å². The standard InChI is InChI=1S/C19H20FNO6/c20-13-6-7-14(15(10-13)18(24)25)17(23)16(22)8-9-21-19(26)27-11-12-4-2-1-3-5-12/h1-7,10,16-17,22-23H,8-9,11H2,(H,21,26)(H,24,25). The zero-order valence-electron chi connectivity index (χ0n) is 14.3. The van der Waals surface area contributed by atoms with Gasteiger partial charge in [0.1, 0.15) is 18.5 Å². The van der Waals surface area contributed by atoms with Gasteiger partial charge < -0.3 is 25.4 Å². The van der Waals surface area contributed by atoms with Gasteiger partial charge in [-0.1, -0.05) is 36.4 Å². The molecule has 0 bridgehead atoms. The molecule has 0 radical (unpaired) electrons. The molecule has 27 heavy (non-hydrogen) atoms. The van der Waals surface area contributed by atoms with Crippen molar-refractivity contribution in [2.45, 2.75) is 25.2 Å². The average Bonchev–Trinajstić information content (AvgIpc) is 2.66. The maximum atomic E-state index is 13.2. The number of carboxylic acid groups (broad SMARTS) is 1. The summed E-state index contributed by atoms with van der Waals surface area (Å²) in [6.45, 7) is 0.0881. The van der Waals surface area contributed by atoms with Crippen molar-refractivity contribution in [3.05, 3.63) is 71.0 Å². The Morgan fingerprint density at radius 3 is 2.48 bits per heavy atom. The molecular formula is C19H20FNO6. The Labute approximate surface area is 155 Å². The van der Waals surface area contributed by atoms with E-state index in [1.165, 1.54) is 0 Å². The summed E-state index contributed by atoms with van der Waals surface area (Å²) in [5, 5.41) is 31.7. The van der Waals surface area contributed by atoms with E-state index in [1.54, 1.807) is 12.1 Å². The second kappa shape index (κ2) is 9.65. The lowest BCUT2D eigenvalue weighted by Gasteiger charge is -2.20. The number of nitrogens with one attached hydrogen (secondary N) is 1. The third-order valence-corrected chi connectivity index (χ3v) is 3.85. The van der Waals surface area contributed by atoms with Crippen LogP contribution in [-0.4, -0.2) is 40.0 Å². The minimum atomic E-state index is -1.54. The summed E-state index contributed by atoms with van der Waals surface area (Å²) in [7, 11) is 0. The zero-order chi connectivity index (χ0) is 19.8. The molecule has 0 aliphatic heterocycles. The quantitative estimate of drug-likeness (QED) is 0.561. The molecule has 0 heterocycles. The van der Waals surface area contributed by atoms with Gasteiger partial charge in [0.2, 0.25) is 0 Å². The normalized spacial score (nSPS) is 12.9. The van der Waals surface area contributed by atoms with E-state index in [4.69, 9.17) is 9.84 Å². The van der Waals surface area contributed by atoms with Gasteiger partial charge >= 0.3 is 12.1 Å². The van der Waals surface area contributed by atoms with E-state index < -0.39 is 35.7 Å². The smallest absolute Gasteiger partial charge is 0.407 e. The van der Waals surface area contributed by atoms with Gasteiger partial charge in [0, 0.05) is 6.54 Å². The van der Waals surface area contributed by atoms with Gasteiger partial charge in [0.25, 0.3) is 0 Å². The van der Waals surface area contributed by atoms with E-state index in [-0.39, 0.29) is 25.1 Å². The number of aliphatic hydroxyl groups is 2. The first-order valence-corrected chi connectivity index (χ1v) is 8.22. The van der Waals surface area contributed by atoms with E-state index in [1.807, 2.05) is 18.2 Å². The van der Waals surface area contributed by atoms with Crippen LogP contribution in [0.3, 0.4) is 0 Å². The van der Waals surface area contributed by atoms with Gasteiger partial charge in [-0.05, 0) is 29.7 Å². The summed E-state index contributed by atoms with van der Waals surface area (Å²) in [5.74, 6) is -2.18. The minimum Gasteiger partial charge on any atom is -0.478 e. The Kier molecular flexibility index (Phi) is 7.27. The van der Waals surface area contributed by atoms with Crippen LogP contribution in [0.15, 0.2) is 48.5 Å². The molecule has 2 aromatic rings. The number of carbonyl (C=O) groups excluding carboxylic acids is 1. The maximum absolute atomic E-state index is 13.2. The molecule has 0 spiro atoms. The molecule has 7 nitrogen and oxygen atoms in total. The number of aliphatic hydroxyl groups excluding tert-OH is 2. The van der Waals surface area contributed by atoms with Crippen molar-refractivity contribution in [2.24, 2.45) is 0 Å². The Morgan fingerprint density at radius 2 is 1.81 bits per heavy atom. The molecule has 0 aromatic heterocycles. The number of rotatable bonds is 8. The van der Waals surface area contributed by atoms with Crippen molar-refractivity contribution in [1.29, 1.82) is 0 Å². The largest absolute Gasteiger partial charge is 0.478 e. The van der Waals surface area contributed by atoms with Crippen LogP contribution in [-0.2, 0) is 11.3 Å². The van der Waals surface area contributed by atoms with Crippen LogP contribution in [0.4, 0.5) is 9.18 Å². The van der Waals surface area contributed by atoms with Crippen LogP contribution in [0.2, 0.25) is 0 Å². The number of carbonyl (C=O) groups is 2. The Morgan fingerprint density at radius 1 is 1.11 bits per heavy atom. The lowest BCUT2D eigenvalue weighted by Crippen LogP contribution is -2.30. The molecule has 0 saturated heterocycles. The number of aromatic carboxylic acids is 1. The number of amides is 1. The van der Waals surface area contributed by atoms with E-state index >= 15 is 0 Å². The van der Waals surface area contributed by atoms with Gasteiger partial charge in [-0.25, -0.2) is 14.0 Å². The van der Waals surface area contributed by atoms with Gasteiger partial charge in [-0.15, -0.1) is 0 Å². The molecule has 1 amide bonds. The van der Waals surface area contributed by atoms with Gasteiger partial charge in [0.15, 0.2) is 0 Å². The monoisotopic (exact) mass is 377 g/mol. The molecule has 0 aliphatic rings. The number of halogens is 1. The summed E-state index contributed by atoms with van der Waals surface area (Å²) in [4.78, 5) is 22.8. The molecule has 144 valence electrons. The number of carboxylic acids is 1. The third-order valence-electron chi connectivity index (χ3n) is 3.85. The molecule has 2 unspecified atom stereocenters. The van der Waals surface area contributed by atoms with Crippen LogP contribution in [0, 0.1) is 5.82 Å². The highest BCUT2D eigenvalue weighted by Gasteiger charge is 2.24. The van der Waals surface area contributed by atoms with E-state index in [0.29, 0.717) is 0 Å². The van der Waals surface area contributed by atoms with E-state index in [9.17, 15) is 24.2 Å². The predicted molar refractivity (Wildman–Crippen MR) is 93.6 cm³/mol. The first-order valence-electron chi connectivity index (χ1n) is 8.22. The van der Waals surface area contributed by atoms with Crippen molar-refractivity contribution in [3.8, 4) is 0 Å². The summed E-state index contributed by atoms with van der Waals surface area (Å²) < 4.78 is 18.2. The summed E-state index contributed by atoms with van der Waals surface area (Å²) in [6, 6.07) is 11.9. The molecule has 0 saturated carbocycles. The first kappa shape index (κ1) is 20.3. The van der Waals surface area contributed by atoms with Crippen LogP contribution >= 0.6 is 0 Å². The van der Waals surface area contributed by atoms with Crippen LogP contribution in [0.5, 0.6) is 0 Å². The number of hydrogen-bond acceptors (Lipinski definition) is 5. The van der Waals surface area contributed by atoms with Crippen LogP contribution < -0.4 is 5.32 Å². The summed E-state index contributed by atoms with van der Waals surface area (Å²) in [6.07, 6.45) is -3.65. The Hall–Kier alpha value is -2.97. The van der Waals surface area contributed by atoms with Crippen molar-refractivity contribution in [2.75, 3.05) is 6.54 Å². The number of hydrogen-bond donors (Lipinski definition) is 4. The number of alkyl carbamates (subject to hydrolysis) is 1. The number of ether oxygens (including phenoxy) is 1. The van der Waals surface area contributed by atoms with Gasteiger partial charge in [-0.3, -0.25) is 0 Å². The Bertz CT molecular complexity index is 783. The Balaban J connectivity index is 1.82. The lowest BCUT2D eigenvalue weighted by atomic mass is 9.97. The highest BCUT2D eigenvalue weighted by atomic mass is 19.1. The lowest BCUT2D eigenvalue weighted by molar-refractivity contribution is 0.0127. The molecule has 2 rings (SSSR count). The van der Waals surface area contributed by atoms with Crippen LogP contribution in [0.25, 0.3) is 0 Å². The average molecular weight is 377 g/mol. The van der Waals surface area contributed by atoms with Crippen molar-refractivity contribution < 1.29 is 34.0 Å². The van der Waals surface area contributed by atoms with E-state index in [2.05, 4.69) is 5.32 Å². The SMILES string of the molecule is O=C(NCCC(O)C(O)c1ccc(F)cc1C(=O)O)OCc1ccccc1. The second-order valence-corrected chi connectivity index (χ2v) is 5.83. The van der Waals surface area contributed by atoms with Crippen molar-refractivity contribution in [1.82, 2.24) is 5.32 Å². The molecule has 0 aliphatic carbocycles. The minimum absolute atomic E-state index is 0.00451. The molecule has 8 heteroatoms. The molecule has 0 fully saturated rings. The van der Waals surface area contributed by atoms with Gasteiger partial charge in [-0.2, -0.15) is 0 Å². The highest BCUT2D eigenvalue weighted by Crippen LogP contribution is 2.23. The van der Waals surface area contributed by atoms with Crippen molar-refractivity contribution >= 4 is 12.1 Å². The fourth-order valence-electron chi connectivity index (χ4n) is 2.43. The second-order valence-electron chi connectivity index (χ2n) is 5.83. The molecule has 2 atom stereocenters. The van der Waals surface area contributed by atoms with Crippen LogP contribution in [0.1, 0.15) is 34.0 Å². The topological polar surface area (TPSA) is 116 Å². The molecule has 2 aromatic carbocycles. The molecule has 4 N–H and O–H groups in total. The predicted octanol–water partition coefficient (Wildman–Crippen LogP) is 2.23. The maximum Gasteiger partial charge on any atom is 0.407 e. The number of benzene rings is 2. The fraction of sp³-hybridized carbons (Fsp3) is 0.263.